The summed E-state index contributed by atoms with van der Waals surface area (Å²) >= 11 is 2.50. The molecule has 9 nitrogen and oxygen atoms in total. The molecule has 2 amide bonds. The van der Waals surface area contributed by atoms with Crippen molar-refractivity contribution in [2.45, 2.75) is 46.5 Å². The van der Waals surface area contributed by atoms with Crippen LogP contribution in [0.25, 0.3) is 0 Å². The van der Waals surface area contributed by atoms with Crippen LogP contribution in [0.5, 0.6) is 0 Å². The second kappa shape index (κ2) is 10.8. The van der Waals surface area contributed by atoms with Gasteiger partial charge in [0.2, 0.25) is 11.8 Å². The molecule has 3 rings (SSSR count). The Morgan fingerprint density at radius 2 is 2.03 bits per heavy atom. The minimum atomic E-state index is -0.499. The van der Waals surface area contributed by atoms with Crippen molar-refractivity contribution in [3.8, 4) is 0 Å². The Morgan fingerprint density at radius 1 is 1.25 bits per heavy atom. The Balaban J connectivity index is 1.53. The Kier molecular flexibility index (Phi) is 8.08. The molecule has 2 heterocycles. The SMILES string of the molecule is CCOC(=O)c1csc(CCNC(=O)[C@H]2CC(=O)c3sc(NC(=O)[C@@H](C)CC)nc3C2)n1. The average molecular weight is 479 g/mol. The number of esters is 1. The second-order valence-electron chi connectivity index (χ2n) is 7.51. The van der Waals surface area contributed by atoms with Gasteiger partial charge in [-0.15, -0.1) is 11.3 Å². The van der Waals surface area contributed by atoms with Gasteiger partial charge in [0, 0.05) is 37.1 Å². The zero-order valence-electron chi connectivity index (χ0n) is 18.2. The maximum absolute atomic E-state index is 12.6. The van der Waals surface area contributed by atoms with E-state index in [-0.39, 0.29) is 42.2 Å². The molecule has 172 valence electrons. The number of carbonyl (C=O) groups excluding carboxylic acids is 4. The number of thiazole rings is 2. The molecule has 2 aromatic heterocycles. The van der Waals surface area contributed by atoms with Crippen LogP contribution < -0.4 is 10.6 Å². The van der Waals surface area contributed by atoms with Crippen LogP contribution in [0.15, 0.2) is 5.38 Å². The van der Waals surface area contributed by atoms with Crippen LogP contribution in [0, 0.1) is 11.8 Å². The fourth-order valence-corrected chi connectivity index (χ4v) is 4.86. The quantitative estimate of drug-likeness (QED) is 0.531. The van der Waals surface area contributed by atoms with Gasteiger partial charge in [0.1, 0.15) is 0 Å². The van der Waals surface area contributed by atoms with Crippen LogP contribution >= 0.6 is 22.7 Å². The summed E-state index contributed by atoms with van der Waals surface area (Å²) in [6, 6.07) is 0. The van der Waals surface area contributed by atoms with Crippen molar-refractivity contribution in [2.24, 2.45) is 11.8 Å². The second-order valence-corrected chi connectivity index (χ2v) is 9.45. The normalized spacial score (nSPS) is 16.2. The number of amides is 2. The molecule has 0 bridgehead atoms. The first-order valence-corrected chi connectivity index (χ1v) is 12.2. The number of ether oxygens (including phenoxy) is 1. The molecule has 2 aromatic rings. The number of hydrogen-bond donors (Lipinski definition) is 2. The van der Waals surface area contributed by atoms with E-state index in [0.29, 0.717) is 41.5 Å². The molecule has 0 aliphatic heterocycles. The van der Waals surface area contributed by atoms with Crippen LogP contribution in [-0.4, -0.2) is 46.7 Å². The molecule has 0 fully saturated rings. The van der Waals surface area contributed by atoms with Gasteiger partial charge in [-0.3, -0.25) is 14.4 Å². The number of carbonyl (C=O) groups is 4. The molecule has 0 saturated carbocycles. The first kappa shape index (κ1) is 24.0. The van der Waals surface area contributed by atoms with Crippen LogP contribution in [-0.2, 0) is 27.2 Å². The third-order valence-electron chi connectivity index (χ3n) is 5.16. The number of ketones is 1. The number of anilines is 1. The van der Waals surface area contributed by atoms with Gasteiger partial charge in [-0.05, 0) is 13.3 Å². The van der Waals surface area contributed by atoms with E-state index in [1.165, 1.54) is 22.7 Å². The fourth-order valence-electron chi connectivity index (χ4n) is 3.14. The lowest BCUT2D eigenvalue weighted by molar-refractivity contribution is -0.125. The highest BCUT2D eigenvalue weighted by atomic mass is 32.1. The molecule has 1 aliphatic carbocycles. The van der Waals surface area contributed by atoms with Gasteiger partial charge < -0.3 is 15.4 Å². The number of hydrogen-bond acceptors (Lipinski definition) is 9. The predicted octanol–water partition coefficient (Wildman–Crippen LogP) is 2.86. The average Bonchev–Trinajstić information content (AvgIpc) is 3.40. The molecular weight excluding hydrogens is 452 g/mol. The van der Waals surface area contributed by atoms with Gasteiger partial charge in [0.05, 0.1) is 28.1 Å². The minimum absolute atomic E-state index is 0.115. The zero-order chi connectivity index (χ0) is 23.3. The molecule has 32 heavy (non-hydrogen) atoms. The van der Waals surface area contributed by atoms with E-state index >= 15 is 0 Å². The lowest BCUT2D eigenvalue weighted by atomic mass is 9.89. The molecule has 2 N–H and O–H groups in total. The highest BCUT2D eigenvalue weighted by Crippen LogP contribution is 2.32. The molecular formula is C21H26N4O5S2. The minimum Gasteiger partial charge on any atom is -0.461 e. The van der Waals surface area contributed by atoms with Gasteiger partial charge >= 0.3 is 5.97 Å². The van der Waals surface area contributed by atoms with Crippen molar-refractivity contribution in [2.75, 3.05) is 18.5 Å². The maximum Gasteiger partial charge on any atom is 0.357 e. The van der Waals surface area contributed by atoms with Crippen molar-refractivity contribution < 1.29 is 23.9 Å². The number of nitrogens with zero attached hydrogens (tertiary/aromatic N) is 2. The molecule has 2 atom stereocenters. The number of fused-ring (bicyclic) bond motifs is 1. The Morgan fingerprint density at radius 3 is 2.75 bits per heavy atom. The maximum atomic E-state index is 12.6. The number of nitrogens with one attached hydrogen (secondary N) is 2. The monoisotopic (exact) mass is 478 g/mol. The van der Waals surface area contributed by atoms with Gasteiger partial charge in [-0.25, -0.2) is 14.8 Å². The van der Waals surface area contributed by atoms with Crippen molar-refractivity contribution >= 4 is 51.4 Å². The van der Waals surface area contributed by atoms with E-state index in [2.05, 4.69) is 20.6 Å². The molecule has 1 aliphatic rings. The zero-order valence-corrected chi connectivity index (χ0v) is 19.9. The Bertz CT molecular complexity index is 1020. The van der Waals surface area contributed by atoms with Crippen molar-refractivity contribution in [1.29, 1.82) is 0 Å². The highest BCUT2D eigenvalue weighted by molar-refractivity contribution is 7.17. The molecule has 0 aromatic carbocycles. The Hall–Kier alpha value is -2.66. The molecule has 0 radical (unpaired) electrons. The topological polar surface area (TPSA) is 127 Å². The molecule has 0 unspecified atom stereocenters. The number of Topliss-reactive ketones (excluding diaryl/α,β-unsaturated/α-hetero) is 1. The summed E-state index contributed by atoms with van der Waals surface area (Å²) in [7, 11) is 0. The summed E-state index contributed by atoms with van der Waals surface area (Å²) in [5.74, 6) is -1.58. The summed E-state index contributed by atoms with van der Waals surface area (Å²) in [6.07, 6.45) is 1.66. The lowest BCUT2D eigenvalue weighted by Gasteiger charge is -2.19. The van der Waals surface area contributed by atoms with E-state index in [0.717, 1.165) is 5.01 Å². The molecule has 0 saturated heterocycles. The third kappa shape index (κ3) is 5.77. The van der Waals surface area contributed by atoms with Gasteiger partial charge in [-0.2, -0.15) is 0 Å². The number of rotatable bonds is 9. The third-order valence-corrected chi connectivity index (χ3v) is 7.12. The standard InChI is InChI=1S/C21H26N4O5S2/c1-4-11(3)18(27)25-21-24-13-8-12(9-15(26)17(13)32-21)19(28)22-7-6-16-23-14(10-31-16)20(29)30-5-2/h10-12H,4-9H2,1-3H3,(H,22,28)(H,24,25,27)/t11-,12+/m0/s1. The van der Waals surface area contributed by atoms with E-state index in [1.54, 1.807) is 12.3 Å². The summed E-state index contributed by atoms with van der Waals surface area (Å²) in [4.78, 5) is 58.0. The fraction of sp³-hybridized carbons (Fsp3) is 0.524. The van der Waals surface area contributed by atoms with Crippen molar-refractivity contribution in [3.63, 3.8) is 0 Å². The lowest BCUT2D eigenvalue weighted by Crippen LogP contribution is -2.36. The van der Waals surface area contributed by atoms with Crippen LogP contribution in [0.3, 0.4) is 0 Å². The number of aromatic nitrogens is 2. The van der Waals surface area contributed by atoms with Crippen LogP contribution in [0.1, 0.15) is 64.5 Å². The van der Waals surface area contributed by atoms with E-state index in [1.807, 2.05) is 13.8 Å². The smallest absolute Gasteiger partial charge is 0.357 e. The van der Waals surface area contributed by atoms with E-state index in [4.69, 9.17) is 4.74 Å². The van der Waals surface area contributed by atoms with Gasteiger partial charge in [0.25, 0.3) is 0 Å². The summed E-state index contributed by atoms with van der Waals surface area (Å²) < 4.78 is 4.92. The molecule has 0 spiro atoms. The summed E-state index contributed by atoms with van der Waals surface area (Å²) in [6.45, 7) is 6.12. The largest absolute Gasteiger partial charge is 0.461 e. The Labute approximate surface area is 194 Å². The summed E-state index contributed by atoms with van der Waals surface area (Å²) in [5, 5.41) is 8.36. The summed E-state index contributed by atoms with van der Waals surface area (Å²) in [5.41, 5.74) is 0.827. The van der Waals surface area contributed by atoms with Crippen LogP contribution in [0.4, 0.5) is 5.13 Å². The van der Waals surface area contributed by atoms with Gasteiger partial charge in [0.15, 0.2) is 16.6 Å². The van der Waals surface area contributed by atoms with Crippen molar-refractivity contribution in [1.82, 2.24) is 15.3 Å². The van der Waals surface area contributed by atoms with Crippen molar-refractivity contribution in [3.05, 3.63) is 26.7 Å². The first-order valence-electron chi connectivity index (χ1n) is 10.5. The highest BCUT2D eigenvalue weighted by Gasteiger charge is 2.33. The van der Waals surface area contributed by atoms with E-state index in [9.17, 15) is 19.2 Å². The van der Waals surface area contributed by atoms with Crippen LogP contribution in [0.2, 0.25) is 0 Å². The first-order chi connectivity index (χ1) is 15.3. The van der Waals surface area contributed by atoms with Gasteiger partial charge in [-0.1, -0.05) is 25.2 Å². The van der Waals surface area contributed by atoms with E-state index < -0.39 is 11.9 Å². The predicted molar refractivity (Wildman–Crippen MR) is 121 cm³/mol. The molecule has 11 heteroatoms.